The fraction of sp³-hybridized carbons (Fsp3) is 0.286. The Kier molecular flexibility index (Phi) is 3.65. The average Bonchev–Trinajstić information content (AvgIpc) is 2.48. The van der Waals surface area contributed by atoms with Gasteiger partial charge in [-0.1, -0.05) is 11.6 Å². The van der Waals surface area contributed by atoms with Crippen molar-refractivity contribution in [3.05, 3.63) is 35.2 Å². The molecular formula is C14H12ClFN2O3. The molecule has 1 N–H and O–H groups in total. The van der Waals surface area contributed by atoms with Gasteiger partial charge in [0.1, 0.15) is 5.82 Å². The molecule has 1 aromatic heterocycles. The first-order valence-corrected chi connectivity index (χ1v) is 6.76. The summed E-state index contributed by atoms with van der Waals surface area (Å²) in [7, 11) is 0. The van der Waals surface area contributed by atoms with Crippen LogP contribution in [0, 0.1) is 5.82 Å². The third-order valence-corrected chi connectivity index (χ3v) is 3.77. The first-order valence-electron chi connectivity index (χ1n) is 6.39. The second kappa shape index (κ2) is 5.46. The number of carboxylic acid groups (broad SMARTS) is 1. The number of halogens is 2. The minimum Gasteiger partial charge on any atom is -0.480 e. The van der Waals surface area contributed by atoms with Crippen molar-refractivity contribution in [2.45, 2.75) is 6.04 Å². The third kappa shape index (κ3) is 2.52. The van der Waals surface area contributed by atoms with Crippen LogP contribution in [0.25, 0.3) is 10.9 Å². The Morgan fingerprint density at radius 2 is 2.33 bits per heavy atom. The van der Waals surface area contributed by atoms with Crippen LogP contribution in [0.5, 0.6) is 0 Å². The zero-order valence-corrected chi connectivity index (χ0v) is 11.7. The van der Waals surface area contributed by atoms with Crippen molar-refractivity contribution in [1.82, 2.24) is 4.98 Å². The third-order valence-electron chi connectivity index (χ3n) is 3.48. The van der Waals surface area contributed by atoms with Crippen LogP contribution < -0.4 is 4.90 Å². The molecule has 1 aliphatic rings. The highest BCUT2D eigenvalue weighted by atomic mass is 35.5. The number of anilines is 1. The predicted octanol–water partition coefficient (Wildman–Crippen LogP) is 2.32. The van der Waals surface area contributed by atoms with Crippen molar-refractivity contribution in [2.75, 3.05) is 24.7 Å². The number of aromatic nitrogens is 1. The van der Waals surface area contributed by atoms with Crippen LogP contribution in [0.1, 0.15) is 0 Å². The molecule has 7 heteroatoms. The molecule has 1 fully saturated rings. The quantitative estimate of drug-likeness (QED) is 0.922. The lowest BCUT2D eigenvalue weighted by atomic mass is 10.1. The molecule has 0 bridgehead atoms. The number of hydrogen-bond acceptors (Lipinski definition) is 4. The van der Waals surface area contributed by atoms with Crippen LogP contribution in [0.2, 0.25) is 5.02 Å². The molecule has 1 saturated heterocycles. The molecule has 21 heavy (non-hydrogen) atoms. The lowest BCUT2D eigenvalue weighted by Crippen LogP contribution is -2.50. The van der Waals surface area contributed by atoms with E-state index in [2.05, 4.69) is 4.98 Å². The van der Waals surface area contributed by atoms with Crippen molar-refractivity contribution < 1.29 is 19.0 Å². The van der Waals surface area contributed by atoms with Gasteiger partial charge in [0.15, 0.2) is 6.04 Å². The van der Waals surface area contributed by atoms with Crippen LogP contribution in [0.4, 0.5) is 10.1 Å². The van der Waals surface area contributed by atoms with E-state index in [-0.39, 0.29) is 11.6 Å². The van der Waals surface area contributed by atoms with Gasteiger partial charge in [-0.15, -0.1) is 0 Å². The van der Waals surface area contributed by atoms with Gasteiger partial charge >= 0.3 is 5.97 Å². The molecule has 1 aromatic carbocycles. The van der Waals surface area contributed by atoms with Crippen LogP contribution in [0.15, 0.2) is 24.4 Å². The molecule has 1 unspecified atom stereocenters. The zero-order valence-electron chi connectivity index (χ0n) is 10.9. The van der Waals surface area contributed by atoms with Gasteiger partial charge in [0.2, 0.25) is 0 Å². The number of fused-ring (bicyclic) bond motifs is 1. The molecule has 0 amide bonds. The number of pyridine rings is 1. The van der Waals surface area contributed by atoms with Gasteiger partial charge in [0.25, 0.3) is 0 Å². The predicted molar refractivity (Wildman–Crippen MR) is 76.3 cm³/mol. The number of ether oxygens (including phenoxy) is 1. The summed E-state index contributed by atoms with van der Waals surface area (Å²) in [6.07, 6.45) is 1.53. The van der Waals surface area contributed by atoms with Crippen molar-refractivity contribution >= 4 is 34.2 Å². The maximum absolute atomic E-state index is 13.5. The summed E-state index contributed by atoms with van der Waals surface area (Å²) in [5, 5.41) is 9.92. The van der Waals surface area contributed by atoms with E-state index in [1.807, 2.05) is 0 Å². The minimum absolute atomic E-state index is 0.0168. The fourth-order valence-electron chi connectivity index (χ4n) is 2.47. The van der Waals surface area contributed by atoms with Crippen LogP contribution in [-0.4, -0.2) is 41.9 Å². The summed E-state index contributed by atoms with van der Waals surface area (Å²) in [5.74, 6) is -1.52. The fourth-order valence-corrected chi connectivity index (χ4v) is 2.64. The first kappa shape index (κ1) is 14.0. The van der Waals surface area contributed by atoms with E-state index in [1.165, 1.54) is 18.3 Å². The van der Waals surface area contributed by atoms with Gasteiger partial charge < -0.3 is 14.7 Å². The van der Waals surface area contributed by atoms with E-state index in [0.29, 0.717) is 29.7 Å². The summed E-state index contributed by atoms with van der Waals surface area (Å²) in [5.41, 5.74) is 1.10. The zero-order chi connectivity index (χ0) is 15.0. The van der Waals surface area contributed by atoms with Crippen LogP contribution in [-0.2, 0) is 9.53 Å². The number of benzene rings is 1. The van der Waals surface area contributed by atoms with Gasteiger partial charge in [0, 0.05) is 29.9 Å². The van der Waals surface area contributed by atoms with E-state index >= 15 is 0 Å². The highest BCUT2D eigenvalue weighted by Gasteiger charge is 2.30. The number of morpholine rings is 1. The lowest BCUT2D eigenvalue weighted by molar-refractivity contribution is -0.141. The van der Waals surface area contributed by atoms with Gasteiger partial charge in [-0.25, -0.2) is 9.18 Å². The van der Waals surface area contributed by atoms with Crippen molar-refractivity contribution in [1.29, 1.82) is 0 Å². The largest absolute Gasteiger partial charge is 0.480 e. The van der Waals surface area contributed by atoms with E-state index in [9.17, 15) is 14.3 Å². The second-order valence-electron chi connectivity index (χ2n) is 4.74. The molecule has 1 aliphatic heterocycles. The molecule has 2 heterocycles. The molecule has 2 aromatic rings. The molecule has 0 radical (unpaired) electrons. The van der Waals surface area contributed by atoms with E-state index < -0.39 is 17.8 Å². The van der Waals surface area contributed by atoms with E-state index in [1.54, 1.807) is 11.0 Å². The van der Waals surface area contributed by atoms with Gasteiger partial charge in [-0.05, 0) is 12.1 Å². The number of carboxylic acids is 1. The highest BCUT2D eigenvalue weighted by molar-refractivity contribution is 6.31. The second-order valence-corrected chi connectivity index (χ2v) is 5.14. The Bertz CT molecular complexity index is 710. The molecule has 0 aliphatic carbocycles. The van der Waals surface area contributed by atoms with Crippen molar-refractivity contribution in [3.63, 3.8) is 0 Å². The van der Waals surface area contributed by atoms with E-state index in [4.69, 9.17) is 16.3 Å². The summed E-state index contributed by atoms with van der Waals surface area (Å²) in [6.45, 7) is 0.974. The SMILES string of the molecule is O=C(O)C1COCCN1c1ccnc2cc(F)c(Cl)cc12. The minimum atomic E-state index is -0.965. The summed E-state index contributed by atoms with van der Waals surface area (Å²) in [6, 6.07) is 3.64. The highest BCUT2D eigenvalue weighted by Crippen LogP contribution is 2.31. The number of aliphatic carboxylic acids is 1. The Hall–Kier alpha value is -1.92. The summed E-state index contributed by atoms with van der Waals surface area (Å²) >= 11 is 5.84. The molecule has 0 saturated carbocycles. The Balaban J connectivity index is 2.14. The molecule has 0 spiro atoms. The standard InChI is InChI=1S/C14H12ClFN2O3/c15-9-5-8-11(6-10(9)16)17-2-1-12(8)18-3-4-21-7-13(18)14(19)20/h1-2,5-6,13H,3-4,7H2,(H,19,20). The molecular weight excluding hydrogens is 299 g/mol. The normalized spacial score (nSPS) is 19.0. The number of carbonyl (C=O) groups is 1. The van der Waals surface area contributed by atoms with Gasteiger partial charge in [-0.2, -0.15) is 0 Å². The van der Waals surface area contributed by atoms with Crippen LogP contribution in [0.3, 0.4) is 0 Å². The smallest absolute Gasteiger partial charge is 0.328 e. The topological polar surface area (TPSA) is 62.7 Å². The van der Waals surface area contributed by atoms with E-state index in [0.717, 1.165) is 0 Å². The van der Waals surface area contributed by atoms with Crippen molar-refractivity contribution in [3.8, 4) is 0 Å². The lowest BCUT2D eigenvalue weighted by Gasteiger charge is -2.35. The van der Waals surface area contributed by atoms with Gasteiger partial charge in [0.05, 0.1) is 23.8 Å². The molecule has 5 nitrogen and oxygen atoms in total. The Morgan fingerprint density at radius 1 is 1.52 bits per heavy atom. The summed E-state index contributed by atoms with van der Waals surface area (Å²) in [4.78, 5) is 17.2. The summed E-state index contributed by atoms with van der Waals surface area (Å²) < 4.78 is 18.8. The maximum Gasteiger partial charge on any atom is 0.328 e. The monoisotopic (exact) mass is 310 g/mol. The van der Waals surface area contributed by atoms with Gasteiger partial charge in [-0.3, -0.25) is 4.98 Å². The molecule has 3 rings (SSSR count). The number of hydrogen-bond donors (Lipinski definition) is 1. The average molecular weight is 311 g/mol. The van der Waals surface area contributed by atoms with Crippen molar-refractivity contribution in [2.24, 2.45) is 0 Å². The molecule has 110 valence electrons. The number of rotatable bonds is 2. The first-order chi connectivity index (χ1) is 10.1. The molecule has 1 atom stereocenters. The Labute approximate surface area is 124 Å². The van der Waals surface area contributed by atoms with Crippen LogP contribution >= 0.6 is 11.6 Å². The Morgan fingerprint density at radius 3 is 3.10 bits per heavy atom. The number of nitrogens with zero attached hydrogens (tertiary/aromatic N) is 2. The maximum atomic E-state index is 13.5.